The Bertz CT molecular complexity index is 970. The first-order chi connectivity index (χ1) is 16.7. The van der Waals surface area contributed by atoms with Gasteiger partial charge in [0.25, 0.3) is 0 Å². The summed E-state index contributed by atoms with van der Waals surface area (Å²) >= 11 is 0. The molecule has 0 bridgehead atoms. The summed E-state index contributed by atoms with van der Waals surface area (Å²) in [6.45, 7) is 14.3. The fourth-order valence-corrected chi connectivity index (χ4v) is 10.5. The van der Waals surface area contributed by atoms with Gasteiger partial charge in [-0.2, -0.15) is 0 Å². The summed E-state index contributed by atoms with van der Waals surface area (Å²) in [5, 5.41) is 10.8. The molecule has 36 heavy (non-hydrogen) atoms. The van der Waals surface area contributed by atoms with Crippen LogP contribution in [-0.4, -0.2) is 37.4 Å². The van der Waals surface area contributed by atoms with Crippen LogP contribution in [0.2, 0.25) is 0 Å². The van der Waals surface area contributed by atoms with Crippen molar-refractivity contribution in [3.63, 3.8) is 0 Å². The Kier molecular flexibility index (Phi) is 5.98. The lowest BCUT2D eigenvalue weighted by molar-refractivity contribution is -0.184. The molecule has 0 aromatic rings. The lowest BCUT2D eigenvalue weighted by atomic mass is 9.34. The minimum atomic E-state index is -0.836. The largest absolute Gasteiger partial charge is 0.469 e. The number of hydrogen-bond donors (Lipinski definition) is 1. The van der Waals surface area contributed by atoms with E-state index in [0.29, 0.717) is 18.9 Å². The van der Waals surface area contributed by atoms with Crippen molar-refractivity contribution < 1.29 is 24.2 Å². The number of rotatable bonds is 2. The molecule has 5 nitrogen and oxygen atoms in total. The molecule has 5 aliphatic rings. The molecule has 1 heterocycles. The minimum Gasteiger partial charge on any atom is -0.469 e. The predicted molar refractivity (Wildman–Crippen MR) is 139 cm³/mol. The van der Waals surface area contributed by atoms with Crippen molar-refractivity contribution in [1.82, 2.24) is 0 Å². The molecule has 0 amide bonds. The number of aliphatic hydroxyl groups excluding tert-OH is 1. The molecule has 1 N–H and O–H groups in total. The second-order valence-corrected chi connectivity index (χ2v) is 15.0. The number of allylic oxidation sites excluding steroid dienone is 2. The lowest BCUT2D eigenvalue weighted by Gasteiger charge is -2.69. The van der Waals surface area contributed by atoms with E-state index in [9.17, 15) is 14.7 Å². The first-order valence-electron chi connectivity index (χ1n) is 14.3. The summed E-state index contributed by atoms with van der Waals surface area (Å²) in [5.74, 6) is 0.733. The van der Waals surface area contributed by atoms with Crippen molar-refractivity contribution in [3.8, 4) is 0 Å². The van der Waals surface area contributed by atoms with Crippen molar-refractivity contribution in [2.75, 3.05) is 13.7 Å². The van der Waals surface area contributed by atoms with Gasteiger partial charge in [0.05, 0.1) is 19.1 Å². The van der Waals surface area contributed by atoms with E-state index in [4.69, 9.17) is 9.47 Å². The van der Waals surface area contributed by atoms with E-state index in [1.807, 2.05) is 6.92 Å². The fraction of sp³-hybridized carbons (Fsp3) is 0.871. The Balaban J connectivity index is 1.62. The van der Waals surface area contributed by atoms with Crippen LogP contribution in [0.15, 0.2) is 11.6 Å². The first kappa shape index (κ1) is 26.4. The van der Waals surface area contributed by atoms with Crippen LogP contribution in [0.1, 0.15) is 99.3 Å². The summed E-state index contributed by atoms with van der Waals surface area (Å²) in [6, 6.07) is 0. The number of aliphatic hydroxyl groups is 1. The average molecular weight is 501 g/mol. The highest BCUT2D eigenvalue weighted by atomic mass is 16.6. The standard InChI is InChI=1S/C31H48O5/c1-26(2)12-14-31(25(34)35-7)15-13-29(5)20(21(31)16-26)8-9-23-28(4)17-24(33)36-19-27(3,18-32)22(28)10-11-30(23,29)6/h8,18,21-24,33H,9-17,19H2,1-7H3/t21-,22-,23+,24?,27+,28-,29+,30+,31-/m0/s1. The third-order valence-corrected chi connectivity index (χ3v) is 12.8. The molecule has 4 fully saturated rings. The number of methoxy groups -OCH3 is 1. The monoisotopic (exact) mass is 500 g/mol. The molecule has 202 valence electrons. The molecule has 9 atom stereocenters. The van der Waals surface area contributed by atoms with Crippen molar-refractivity contribution in [1.29, 1.82) is 0 Å². The number of carbonyl (C=O) groups excluding carboxylic acids is 2. The summed E-state index contributed by atoms with van der Waals surface area (Å²) in [6.07, 6.45) is 11.2. The molecular weight excluding hydrogens is 452 g/mol. The van der Waals surface area contributed by atoms with Gasteiger partial charge in [0, 0.05) is 11.8 Å². The summed E-state index contributed by atoms with van der Waals surface area (Å²) in [7, 11) is 1.56. The first-order valence-corrected chi connectivity index (χ1v) is 14.3. The van der Waals surface area contributed by atoms with E-state index in [2.05, 4.69) is 40.7 Å². The molecule has 4 aliphatic carbocycles. The summed E-state index contributed by atoms with van der Waals surface area (Å²) < 4.78 is 11.3. The van der Waals surface area contributed by atoms with Gasteiger partial charge in [0.2, 0.25) is 0 Å². The van der Waals surface area contributed by atoms with Gasteiger partial charge < -0.3 is 19.4 Å². The van der Waals surface area contributed by atoms with Crippen LogP contribution >= 0.6 is 0 Å². The fourth-order valence-electron chi connectivity index (χ4n) is 10.5. The van der Waals surface area contributed by atoms with E-state index >= 15 is 0 Å². The SMILES string of the molecule is COC(=O)[C@]12CCC(C)(C)C[C@H]1C1=CC[C@@H]3[C@@]4(C)CC(O)OC[C@@](C)(C=O)[C@@H]4CC[C@@]3(C)[C@]1(C)CC2. The minimum absolute atomic E-state index is 0.0142. The Morgan fingerprint density at radius 1 is 1.03 bits per heavy atom. The van der Waals surface area contributed by atoms with Gasteiger partial charge in [-0.1, -0.05) is 53.2 Å². The highest BCUT2D eigenvalue weighted by Gasteiger charge is 2.69. The van der Waals surface area contributed by atoms with Crippen molar-refractivity contribution in [2.24, 2.45) is 50.2 Å². The molecule has 1 unspecified atom stereocenters. The number of fused-ring (bicyclic) bond motifs is 7. The summed E-state index contributed by atoms with van der Waals surface area (Å²) in [4.78, 5) is 25.8. The maximum absolute atomic E-state index is 13.4. The molecule has 5 heteroatoms. The molecule has 0 radical (unpaired) electrons. The molecule has 5 rings (SSSR count). The van der Waals surface area contributed by atoms with Crippen LogP contribution < -0.4 is 0 Å². The van der Waals surface area contributed by atoms with Gasteiger partial charge in [0.15, 0.2) is 6.29 Å². The zero-order chi connectivity index (χ0) is 26.4. The number of esters is 1. The maximum atomic E-state index is 13.4. The third kappa shape index (κ3) is 3.33. The second kappa shape index (κ2) is 8.15. The highest BCUT2D eigenvalue weighted by Crippen LogP contribution is 2.75. The molecule has 1 saturated heterocycles. The van der Waals surface area contributed by atoms with Crippen LogP contribution in [0.25, 0.3) is 0 Å². The number of hydrogen-bond acceptors (Lipinski definition) is 5. The van der Waals surface area contributed by atoms with E-state index in [-0.39, 0.29) is 39.5 Å². The predicted octanol–water partition coefficient (Wildman–Crippen LogP) is 6.09. The molecular formula is C31H48O5. The molecule has 0 spiro atoms. The van der Waals surface area contributed by atoms with E-state index in [1.165, 1.54) is 5.57 Å². The normalized spacial score (nSPS) is 51.8. The second-order valence-electron chi connectivity index (χ2n) is 15.0. The van der Waals surface area contributed by atoms with E-state index in [0.717, 1.165) is 57.7 Å². The third-order valence-electron chi connectivity index (χ3n) is 12.8. The number of aldehydes is 1. The smallest absolute Gasteiger partial charge is 0.312 e. The quantitative estimate of drug-likeness (QED) is 0.282. The average Bonchev–Trinajstić information content (AvgIpc) is 2.92. The number of carbonyl (C=O) groups is 2. The summed E-state index contributed by atoms with van der Waals surface area (Å²) in [5.41, 5.74) is 0.524. The van der Waals surface area contributed by atoms with Crippen molar-refractivity contribution in [2.45, 2.75) is 106 Å². The van der Waals surface area contributed by atoms with Crippen LogP contribution in [-0.2, 0) is 19.1 Å². The Morgan fingerprint density at radius 2 is 1.72 bits per heavy atom. The van der Waals surface area contributed by atoms with E-state index < -0.39 is 17.1 Å². The van der Waals surface area contributed by atoms with Gasteiger partial charge in [-0.3, -0.25) is 4.79 Å². The van der Waals surface area contributed by atoms with Gasteiger partial charge in [-0.25, -0.2) is 0 Å². The molecule has 0 aromatic heterocycles. The van der Waals surface area contributed by atoms with Gasteiger partial charge in [-0.15, -0.1) is 0 Å². The topological polar surface area (TPSA) is 72.8 Å². The van der Waals surface area contributed by atoms with Gasteiger partial charge >= 0.3 is 5.97 Å². The maximum Gasteiger partial charge on any atom is 0.312 e. The Morgan fingerprint density at radius 3 is 2.39 bits per heavy atom. The van der Waals surface area contributed by atoms with E-state index in [1.54, 1.807) is 7.11 Å². The van der Waals surface area contributed by atoms with Crippen LogP contribution in [0.3, 0.4) is 0 Å². The molecule has 1 aliphatic heterocycles. The Hall–Kier alpha value is -1.20. The highest BCUT2D eigenvalue weighted by molar-refractivity contribution is 5.78. The van der Waals surface area contributed by atoms with Gasteiger partial charge in [-0.05, 0) is 90.8 Å². The van der Waals surface area contributed by atoms with Crippen molar-refractivity contribution in [3.05, 3.63) is 11.6 Å². The van der Waals surface area contributed by atoms with Crippen LogP contribution in [0.5, 0.6) is 0 Å². The van der Waals surface area contributed by atoms with Gasteiger partial charge in [0.1, 0.15) is 6.29 Å². The molecule has 3 saturated carbocycles. The van der Waals surface area contributed by atoms with Crippen molar-refractivity contribution >= 4 is 12.3 Å². The zero-order valence-electron chi connectivity index (χ0n) is 23.6. The van der Waals surface area contributed by atoms with Crippen LogP contribution in [0.4, 0.5) is 0 Å². The molecule has 0 aromatic carbocycles. The zero-order valence-corrected chi connectivity index (χ0v) is 23.6. The van der Waals surface area contributed by atoms with Crippen LogP contribution in [0, 0.1) is 50.2 Å². The Labute approximate surface area is 217 Å². The lowest BCUT2D eigenvalue weighted by Crippen LogP contribution is -2.63. The number of ether oxygens (including phenoxy) is 2.